The van der Waals surface area contributed by atoms with Crippen LogP contribution in [0, 0.1) is 0 Å². The van der Waals surface area contributed by atoms with E-state index in [-0.39, 0.29) is 5.92 Å². The van der Waals surface area contributed by atoms with Crippen molar-refractivity contribution in [2.45, 2.75) is 12.8 Å². The molecule has 0 spiro atoms. The van der Waals surface area contributed by atoms with E-state index in [4.69, 9.17) is 5.73 Å². The molecule has 82 valence electrons. The first kappa shape index (κ1) is 10.9. The standard InChI is InChI=1S/C13H13NOS/c1-9(8-15)13-11(14)7-12(16-13)10-5-3-2-4-6-10/h2-9H,14H2,1H3. The van der Waals surface area contributed by atoms with E-state index in [2.05, 4.69) is 0 Å². The fourth-order valence-electron chi connectivity index (χ4n) is 1.58. The first-order valence-corrected chi connectivity index (χ1v) is 5.94. The number of carbonyl (C=O) groups excluding carboxylic acids is 1. The molecule has 0 saturated heterocycles. The number of aldehydes is 1. The predicted molar refractivity (Wildman–Crippen MR) is 68.6 cm³/mol. The van der Waals surface area contributed by atoms with Crippen LogP contribution in [0.5, 0.6) is 0 Å². The van der Waals surface area contributed by atoms with Crippen LogP contribution in [-0.4, -0.2) is 6.29 Å². The molecule has 0 aliphatic carbocycles. The van der Waals surface area contributed by atoms with Gasteiger partial charge in [-0.3, -0.25) is 0 Å². The number of benzene rings is 1. The number of nitrogen functional groups attached to an aromatic ring is 1. The van der Waals surface area contributed by atoms with Gasteiger partial charge in [-0.2, -0.15) is 0 Å². The molecule has 2 aromatic rings. The number of hydrogen-bond acceptors (Lipinski definition) is 3. The molecule has 1 unspecified atom stereocenters. The summed E-state index contributed by atoms with van der Waals surface area (Å²) < 4.78 is 0. The highest BCUT2D eigenvalue weighted by Crippen LogP contribution is 2.36. The molecule has 2 nitrogen and oxygen atoms in total. The average molecular weight is 231 g/mol. The molecule has 2 N–H and O–H groups in total. The third-order valence-electron chi connectivity index (χ3n) is 2.47. The lowest BCUT2D eigenvalue weighted by Gasteiger charge is -1.99. The van der Waals surface area contributed by atoms with Crippen molar-refractivity contribution < 1.29 is 4.79 Å². The zero-order valence-electron chi connectivity index (χ0n) is 9.01. The van der Waals surface area contributed by atoms with Gasteiger partial charge in [0.15, 0.2) is 0 Å². The highest BCUT2D eigenvalue weighted by Gasteiger charge is 2.13. The zero-order valence-corrected chi connectivity index (χ0v) is 9.83. The molecule has 0 aliphatic heterocycles. The Kier molecular flexibility index (Phi) is 3.06. The van der Waals surface area contributed by atoms with Gasteiger partial charge in [-0.15, -0.1) is 11.3 Å². The summed E-state index contributed by atoms with van der Waals surface area (Å²) in [4.78, 5) is 12.8. The van der Waals surface area contributed by atoms with Crippen molar-refractivity contribution in [3.63, 3.8) is 0 Å². The SMILES string of the molecule is CC(C=O)c1sc(-c2ccccc2)cc1N. The molecule has 1 heterocycles. The van der Waals surface area contributed by atoms with Crippen LogP contribution in [0.4, 0.5) is 5.69 Å². The lowest BCUT2D eigenvalue weighted by atomic mass is 10.1. The van der Waals surface area contributed by atoms with E-state index in [0.717, 1.165) is 21.6 Å². The van der Waals surface area contributed by atoms with Crippen molar-refractivity contribution in [3.8, 4) is 10.4 Å². The summed E-state index contributed by atoms with van der Waals surface area (Å²) in [6, 6.07) is 12.0. The fraction of sp³-hybridized carbons (Fsp3) is 0.154. The van der Waals surface area contributed by atoms with Gasteiger partial charge in [0.05, 0.1) is 0 Å². The van der Waals surface area contributed by atoms with Gasteiger partial charge in [0.25, 0.3) is 0 Å². The molecule has 3 heteroatoms. The molecule has 1 atom stereocenters. The first-order chi connectivity index (χ1) is 7.72. The minimum absolute atomic E-state index is 0.123. The van der Waals surface area contributed by atoms with Crippen molar-refractivity contribution in [3.05, 3.63) is 41.3 Å². The summed E-state index contributed by atoms with van der Waals surface area (Å²) >= 11 is 1.59. The van der Waals surface area contributed by atoms with Crippen LogP contribution in [0.25, 0.3) is 10.4 Å². The van der Waals surface area contributed by atoms with E-state index in [9.17, 15) is 4.79 Å². The van der Waals surface area contributed by atoms with E-state index < -0.39 is 0 Å². The Labute approximate surface area is 98.7 Å². The number of anilines is 1. The van der Waals surface area contributed by atoms with Gasteiger partial charge in [0.1, 0.15) is 6.29 Å². The molecule has 16 heavy (non-hydrogen) atoms. The zero-order chi connectivity index (χ0) is 11.5. The monoisotopic (exact) mass is 231 g/mol. The maximum absolute atomic E-state index is 10.8. The molecule has 0 radical (unpaired) electrons. The van der Waals surface area contributed by atoms with Gasteiger partial charge in [0.2, 0.25) is 0 Å². The van der Waals surface area contributed by atoms with E-state index >= 15 is 0 Å². The van der Waals surface area contributed by atoms with Gasteiger partial charge >= 0.3 is 0 Å². The Bertz CT molecular complexity index is 490. The average Bonchev–Trinajstić information content (AvgIpc) is 2.71. The van der Waals surface area contributed by atoms with Gasteiger partial charge < -0.3 is 10.5 Å². The number of rotatable bonds is 3. The Morgan fingerprint density at radius 1 is 1.31 bits per heavy atom. The molecular formula is C13H13NOS. The minimum atomic E-state index is -0.123. The van der Waals surface area contributed by atoms with Crippen molar-refractivity contribution in [1.29, 1.82) is 0 Å². The summed E-state index contributed by atoms with van der Waals surface area (Å²) in [5.41, 5.74) is 7.76. The minimum Gasteiger partial charge on any atom is -0.398 e. The number of thiophene rings is 1. The van der Waals surface area contributed by atoms with Crippen molar-refractivity contribution in [1.82, 2.24) is 0 Å². The molecule has 0 aliphatic rings. The second-order valence-corrected chi connectivity index (χ2v) is 4.80. The topological polar surface area (TPSA) is 43.1 Å². The van der Waals surface area contributed by atoms with Gasteiger partial charge in [0, 0.05) is 21.4 Å². The van der Waals surface area contributed by atoms with Crippen LogP contribution in [-0.2, 0) is 4.79 Å². The van der Waals surface area contributed by atoms with Crippen LogP contribution < -0.4 is 5.73 Å². The lowest BCUT2D eigenvalue weighted by molar-refractivity contribution is -0.108. The molecule has 0 saturated carbocycles. The smallest absolute Gasteiger partial charge is 0.128 e. The van der Waals surface area contributed by atoms with E-state index in [1.54, 1.807) is 11.3 Å². The molecule has 0 amide bonds. The van der Waals surface area contributed by atoms with Crippen LogP contribution in [0.15, 0.2) is 36.4 Å². The summed E-state index contributed by atoms with van der Waals surface area (Å²) in [6.45, 7) is 1.87. The third kappa shape index (κ3) is 1.99. The normalized spacial score (nSPS) is 12.3. The second kappa shape index (κ2) is 4.49. The molecule has 1 aromatic heterocycles. The van der Waals surface area contributed by atoms with E-state index in [1.807, 2.05) is 43.3 Å². The van der Waals surface area contributed by atoms with Crippen LogP contribution in [0.1, 0.15) is 17.7 Å². The van der Waals surface area contributed by atoms with Crippen molar-refractivity contribution in [2.24, 2.45) is 0 Å². The Balaban J connectivity index is 2.42. The summed E-state index contributed by atoms with van der Waals surface area (Å²) in [6.07, 6.45) is 0.928. The predicted octanol–water partition coefficient (Wildman–Crippen LogP) is 3.30. The Hall–Kier alpha value is -1.61. The number of carbonyl (C=O) groups is 1. The van der Waals surface area contributed by atoms with Crippen LogP contribution in [0.3, 0.4) is 0 Å². The maximum atomic E-state index is 10.8. The first-order valence-electron chi connectivity index (χ1n) is 5.12. The summed E-state index contributed by atoms with van der Waals surface area (Å²) in [7, 11) is 0. The van der Waals surface area contributed by atoms with Crippen LogP contribution >= 0.6 is 11.3 Å². The number of hydrogen-bond donors (Lipinski definition) is 1. The van der Waals surface area contributed by atoms with E-state index in [1.165, 1.54) is 0 Å². The highest BCUT2D eigenvalue weighted by atomic mass is 32.1. The fourth-order valence-corrected chi connectivity index (χ4v) is 2.68. The lowest BCUT2D eigenvalue weighted by Crippen LogP contribution is -1.94. The van der Waals surface area contributed by atoms with Crippen molar-refractivity contribution >= 4 is 23.3 Å². The largest absolute Gasteiger partial charge is 0.398 e. The van der Waals surface area contributed by atoms with Crippen molar-refractivity contribution in [2.75, 3.05) is 5.73 Å². The molecule has 2 rings (SSSR count). The van der Waals surface area contributed by atoms with Gasteiger partial charge in [-0.25, -0.2) is 0 Å². The van der Waals surface area contributed by atoms with Gasteiger partial charge in [-0.05, 0) is 11.6 Å². The van der Waals surface area contributed by atoms with Crippen LogP contribution in [0.2, 0.25) is 0 Å². The Morgan fingerprint density at radius 3 is 2.62 bits per heavy atom. The molecule has 1 aromatic carbocycles. The molecule has 0 fully saturated rings. The maximum Gasteiger partial charge on any atom is 0.128 e. The second-order valence-electron chi connectivity index (χ2n) is 3.72. The quantitative estimate of drug-likeness (QED) is 0.824. The Morgan fingerprint density at radius 2 is 2.00 bits per heavy atom. The summed E-state index contributed by atoms with van der Waals surface area (Å²) in [5, 5.41) is 0. The summed E-state index contributed by atoms with van der Waals surface area (Å²) in [5.74, 6) is -0.123. The number of nitrogens with two attached hydrogens (primary N) is 1. The highest BCUT2D eigenvalue weighted by molar-refractivity contribution is 7.16. The van der Waals surface area contributed by atoms with E-state index in [0.29, 0.717) is 5.69 Å². The molecule has 0 bridgehead atoms. The third-order valence-corrected chi connectivity index (χ3v) is 3.87. The molecular weight excluding hydrogens is 218 g/mol. The van der Waals surface area contributed by atoms with Gasteiger partial charge in [-0.1, -0.05) is 37.3 Å².